The fraction of sp³-hybridized carbons (Fsp3) is 0.652. The first-order valence-corrected chi connectivity index (χ1v) is 10.7. The summed E-state index contributed by atoms with van der Waals surface area (Å²) in [4.78, 5) is 27.3. The summed E-state index contributed by atoms with van der Waals surface area (Å²) in [5, 5.41) is 3.13. The van der Waals surface area contributed by atoms with Gasteiger partial charge in [0.05, 0.1) is 0 Å². The molecule has 1 atom stereocenters. The predicted molar refractivity (Wildman–Crippen MR) is 104 cm³/mol. The molecule has 6 rings (SSSR count). The van der Waals surface area contributed by atoms with Crippen LogP contribution in [0.15, 0.2) is 24.3 Å². The standard InChI is InChI=1S/C23H30N2O2/c1-15(23-11-16-8-17(12-23)10-18(9-16)13-23)24-21(26)22(27)25-7-6-19-4-2-3-5-20(19)14-25/h2-5,15-18H,6-14H2,1H3,(H,24,26). The first-order chi connectivity index (χ1) is 13.0. The molecule has 1 unspecified atom stereocenters. The zero-order valence-electron chi connectivity index (χ0n) is 16.2. The zero-order valence-corrected chi connectivity index (χ0v) is 16.2. The van der Waals surface area contributed by atoms with E-state index in [0.717, 1.165) is 24.2 Å². The highest BCUT2D eigenvalue weighted by molar-refractivity contribution is 6.35. The summed E-state index contributed by atoms with van der Waals surface area (Å²) < 4.78 is 0. The average molecular weight is 367 g/mol. The van der Waals surface area contributed by atoms with E-state index in [1.807, 2.05) is 12.1 Å². The number of fused-ring (bicyclic) bond motifs is 1. The lowest BCUT2D eigenvalue weighted by Gasteiger charge is -2.59. The third-order valence-corrected chi connectivity index (χ3v) is 7.96. The molecule has 1 N–H and O–H groups in total. The van der Waals surface area contributed by atoms with Crippen molar-refractivity contribution < 1.29 is 9.59 Å². The van der Waals surface area contributed by atoms with Crippen molar-refractivity contribution in [2.24, 2.45) is 23.2 Å². The van der Waals surface area contributed by atoms with Crippen LogP contribution >= 0.6 is 0 Å². The van der Waals surface area contributed by atoms with Crippen molar-refractivity contribution in [3.63, 3.8) is 0 Å². The number of nitrogens with one attached hydrogen (secondary N) is 1. The smallest absolute Gasteiger partial charge is 0.312 e. The number of nitrogens with zero attached hydrogens (tertiary/aromatic N) is 1. The molecule has 5 aliphatic rings. The van der Waals surface area contributed by atoms with Crippen LogP contribution in [0.2, 0.25) is 0 Å². The summed E-state index contributed by atoms with van der Waals surface area (Å²) >= 11 is 0. The lowest BCUT2D eigenvalue weighted by molar-refractivity contribution is -0.148. The zero-order chi connectivity index (χ0) is 18.6. The Bertz CT molecular complexity index is 736. The molecular formula is C23H30N2O2. The van der Waals surface area contributed by atoms with E-state index < -0.39 is 5.91 Å². The van der Waals surface area contributed by atoms with Gasteiger partial charge in [-0.15, -0.1) is 0 Å². The van der Waals surface area contributed by atoms with E-state index in [2.05, 4.69) is 24.4 Å². The van der Waals surface area contributed by atoms with Gasteiger partial charge >= 0.3 is 11.8 Å². The maximum Gasteiger partial charge on any atom is 0.312 e. The Hall–Kier alpha value is -1.84. The second kappa shape index (κ2) is 6.35. The first kappa shape index (κ1) is 17.3. The molecular weight excluding hydrogens is 336 g/mol. The molecule has 4 fully saturated rings. The molecule has 1 aliphatic heterocycles. The summed E-state index contributed by atoms with van der Waals surface area (Å²) in [7, 11) is 0. The Morgan fingerprint density at radius 2 is 1.63 bits per heavy atom. The number of amides is 2. The first-order valence-electron chi connectivity index (χ1n) is 10.7. The van der Waals surface area contributed by atoms with E-state index in [1.165, 1.54) is 49.7 Å². The summed E-state index contributed by atoms with van der Waals surface area (Å²) in [6.07, 6.45) is 8.74. The third-order valence-electron chi connectivity index (χ3n) is 7.96. The van der Waals surface area contributed by atoms with Gasteiger partial charge in [-0.3, -0.25) is 9.59 Å². The lowest BCUT2D eigenvalue weighted by atomic mass is 9.48. The lowest BCUT2D eigenvalue weighted by Crippen LogP contribution is -2.57. The van der Waals surface area contributed by atoms with Gasteiger partial charge in [0.2, 0.25) is 0 Å². The molecule has 0 aromatic heterocycles. The monoisotopic (exact) mass is 366 g/mol. The second-order valence-electron chi connectivity index (χ2n) is 9.72. The van der Waals surface area contributed by atoms with Crippen molar-refractivity contribution in [1.82, 2.24) is 10.2 Å². The van der Waals surface area contributed by atoms with Gasteiger partial charge in [0, 0.05) is 19.1 Å². The quantitative estimate of drug-likeness (QED) is 0.817. The molecule has 0 radical (unpaired) electrons. The highest BCUT2D eigenvalue weighted by Gasteiger charge is 2.53. The molecule has 27 heavy (non-hydrogen) atoms. The van der Waals surface area contributed by atoms with E-state index in [-0.39, 0.29) is 17.4 Å². The van der Waals surface area contributed by atoms with E-state index in [0.29, 0.717) is 13.1 Å². The van der Waals surface area contributed by atoms with Gasteiger partial charge < -0.3 is 10.2 Å². The second-order valence-corrected chi connectivity index (χ2v) is 9.72. The molecule has 4 heteroatoms. The number of carbonyl (C=O) groups is 2. The van der Waals surface area contributed by atoms with Crippen molar-refractivity contribution in [2.45, 2.75) is 64.5 Å². The normalized spacial score (nSPS) is 34.9. The van der Waals surface area contributed by atoms with E-state index >= 15 is 0 Å². The minimum Gasteiger partial charge on any atom is -0.345 e. The van der Waals surface area contributed by atoms with E-state index in [4.69, 9.17) is 0 Å². The Kier molecular flexibility index (Phi) is 4.06. The van der Waals surface area contributed by atoms with Crippen molar-refractivity contribution in [3.8, 4) is 0 Å². The number of hydrogen-bond donors (Lipinski definition) is 1. The molecule has 1 heterocycles. The van der Waals surface area contributed by atoms with Crippen molar-refractivity contribution in [3.05, 3.63) is 35.4 Å². The number of hydrogen-bond acceptors (Lipinski definition) is 2. The van der Waals surface area contributed by atoms with Gasteiger partial charge in [0.25, 0.3) is 0 Å². The van der Waals surface area contributed by atoms with Crippen molar-refractivity contribution in [2.75, 3.05) is 6.54 Å². The van der Waals surface area contributed by atoms with Crippen LogP contribution in [0.25, 0.3) is 0 Å². The van der Waals surface area contributed by atoms with Gasteiger partial charge in [0.15, 0.2) is 0 Å². The SMILES string of the molecule is CC(NC(=O)C(=O)N1CCc2ccccc2C1)C12CC3CC(CC(C3)C1)C2. The number of benzene rings is 1. The maximum atomic E-state index is 12.8. The van der Waals surface area contributed by atoms with E-state index in [9.17, 15) is 9.59 Å². The number of rotatable bonds is 2. The van der Waals surface area contributed by atoms with Crippen LogP contribution < -0.4 is 5.32 Å². The van der Waals surface area contributed by atoms with Crippen LogP contribution in [0, 0.1) is 23.2 Å². The molecule has 0 spiro atoms. The Morgan fingerprint density at radius 1 is 1.04 bits per heavy atom. The Labute approximate surface area is 161 Å². The summed E-state index contributed by atoms with van der Waals surface area (Å²) in [6, 6.07) is 8.31. The largest absolute Gasteiger partial charge is 0.345 e. The fourth-order valence-electron chi connectivity index (χ4n) is 6.93. The average Bonchev–Trinajstić information content (AvgIpc) is 2.66. The topological polar surface area (TPSA) is 49.4 Å². The van der Waals surface area contributed by atoms with Crippen molar-refractivity contribution >= 4 is 11.8 Å². The molecule has 2 amide bonds. The van der Waals surface area contributed by atoms with Crippen LogP contribution in [0.1, 0.15) is 56.6 Å². The van der Waals surface area contributed by atoms with Crippen LogP contribution in [0.5, 0.6) is 0 Å². The summed E-state index contributed by atoms with van der Waals surface area (Å²) in [5.74, 6) is 1.79. The molecule has 4 nitrogen and oxygen atoms in total. The van der Waals surface area contributed by atoms with Gasteiger partial charge in [-0.1, -0.05) is 24.3 Å². The molecule has 4 bridgehead atoms. The minimum absolute atomic E-state index is 0.0967. The minimum atomic E-state index is -0.405. The summed E-state index contributed by atoms with van der Waals surface area (Å²) in [6.45, 7) is 3.33. The molecule has 1 aromatic rings. The molecule has 4 aliphatic carbocycles. The van der Waals surface area contributed by atoms with Crippen LogP contribution in [-0.2, 0) is 22.6 Å². The summed E-state index contributed by atoms with van der Waals surface area (Å²) in [5.41, 5.74) is 2.70. The highest BCUT2D eigenvalue weighted by atomic mass is 16.2. The Morgan fingerprint density at radius 3 is 2.26 bits per heavy atom. The van der Waals surface area contributed by atoms with Crippen molar-refractivity contribution in [1.29, 1.82) is 0 Å². The number of carbonyl (C=O) groups excluding carboxylic acids is 2. The van der Waals surface area contributed by atoms with Gasteiger partial charge in [-0.05, 0) is 86.2 Å². The van der Waals surface area contributed by atoms with Crippen LogP contribution in [0.3, 0.4) is 0 Å². The fourth-order valence-corrected chi connectivity index (χ4v) is 6.93. The van der Waals surface area contributed by atoms with Gasteiger partial charge in [0.1, 0.15) is 0 Å². The molecule has 1 aromatic carbocycles. The highest BCUT2D eigenvalue weighted by Crippen LogP contribution is 2.61. The van der Waals surface area contributed by atoms with Crippen LogP contribution in [0.4, 0.5) is 0 Å². The maximum absolute atomic E-state index is 12.8. The van der Waals surface area contributed by atoms with E-state index in [1.54, 1.807) is 4.90 Å². The molecule has 144 valence electrons. The van der Waals surface area contributed by atoms with Gasteiger partial charge in [-0.25, -0.2) is 0 Å². The van der Waals surface area contributed by atoms with Crippen LogP contribution in [-0.4, -0.2) is 29.3 Å². The predicted octanol–water partition coefficient (Wildman–Crippen LogP) is 3.29. The molecule has 4 saturated carbocycles. The van der Waals surface area contributed by atoms with Gasteiger partial charge in [-0.2, -0.15) is 0 Å². The third kappa shape index (κ3) is 2.97. The Balaban J connectivity index is 1.25. The molecule has 0 saturated heterocycles.